The number of nitrogens with zero attached hydrogens (tertiary/aromatic N) is 1. The smallest absolute Gasteiger partial charge is 0.410 e. The largest absolute Gasteiger partial charge is 0.444 e. The van der Waals surface area contributed by atoms with Crippen molar-refractivity contribution in [1.82, 2.24) is 4.90 Å². The first-order valence-electron chi connectivity index (χ1n) is 9.43. The Labute approximate surface area is 156 Å². The maximum absolute atomic E-state index is 12.3. The highest BCUT2D eigenvalue weighted by molar-refractivity contribution is 7.12. The van der Waals surface area contributed by atoms with Crippen molar-refractivity contribution >= 4 is 17.4 Å². The lowest BCUT2D eigenvalue weighted by Crippen LogP contribution is -2.49. The second kappa shape index (κ2) is 7.67. The molecular formula is C20H33NO3S. The van der Waals surface area contributed by atoms with Crippen LogP contribution in [0.2, 0.25) is 0 Å². The lowest BCUT2D eigenvalue weighted by atomic mass is 9.84. The second-order valence-electron chi connectivity index (χ2n) is 7.65. The van der Waals surface area contributed by atoms with Crippen LogP contribution in [0, 0.1) is 13.8 Å². The predicted octanol–water partition coefficient (Wildman–Crippen LogP) is 5.19. The number of hydrogen-bond acceptors (Lipinski definition) is 4. The summed E-state index contributed by atoms with van der Waals surface area (Å²) < 4.78 is 11.8. The molecule has 0 aliphatic carbocycles. The van der Waals surface area contributed by atoms with Gasteiger partial charge in [0.25, 0.3) is 0 Å². The molecule has 0 unspecified atom stereocenters. The molecule has 2 aliphatic heterocycles. The monoisotopic (exact) mass is 367 g/mol. The van der Waals surface area contributed by atoms with Gasteiger partial charge in [-0.25, -0.2) is 4.79 Å². The molecule has 5 heteroatoms. The molecule has 3 rings (SSSR count). The van der Waals surface area contributed by atoms with E-state index >= 15 is 0 Å². The van der Waals surface area contributed by atoms with E-state index < -0.39 is 5.60 Å². The minimum atomic E-state index is -0.442. The summed E-state index contributed by atoms with van der Waals surface area (Å²) in [7, 11) is 0. The van der Waals surface area contributed by atoms with Crippen LogP contribution >= 0.6 is 11.3 Å². The number of rotatable bonds is 0. The van der Waals surface area contributed by atoms with Crippen molar-refractivity contribution in [3.8, 4) is 0 Å². The van der Waals surface area contributed by atoms with E-state index in [2.05, 4.69) is 13.8 Å². The molecule has 0 aromatic carbocycles. The summed E-state index contributed by atoms with van der Waals surface area (Å²) in [5.74, 6) is 0. The molecule has 1 spiro atoms. The molecule has 1 fully saturated rings. The van der Waals surface area contributed by atoms with E-state index in [9.17, 15) is 4.79 Å². The van der Waals surface area contributed by atoms with E-state index in [1.807, 2.05) is 50.9 Å². The fourth-order valence-corrected chi connectivity index (χ4v) is 4.92. The first-order valence-corrected chi connectivity index (χ1v) is 10.2. The zero-order valence-corrected chi connectivity index (χ0v) is 17.6. The molecule has 142 valence electrons. The number of amides is 1. The zero-order chi connectivity index (χ0) is 18.8. The van der Waals surface area contributed by atoms with E-state index in [1.54, 1.807) is 0 Å². The van der Waals surface area contributed by atoms with Gasteiger partial charge in [-0.2, -0.15) is 0 Å². The molecule has 3 heterocycles. The van der Waals surface area contributed by atoms with Gasteiger partial charge in [-0.1, -0.05) is 13.8 Å². The number of carbonyl (C=O) groups excluding carboxylic acids is 1. The molecule has 1 saturated heterocycles. The van der Waals surface area contributed by atoms with Gasteiger partial charge < -0.3 is 14.4 Å². The van der Waals surface area contributed by atoms with Crippen LogP contribution in [-0.2, 0) is 21.5 Å². The Morgan fingerprint density at radius 1 is 1.20 bits per heavy atom. The van der Waals surface area contributed by atoms with E-state index in [-0.39, 0.29) is 11.7 Å². The first-order chi connectivity index (χ1) is 11.7. The molecule has 1 aromatic heterocycles. The number of ether oxygens (including phenoxy) is 2. The van der Waals surface area contributed by atoms with Gasteiger partial charge in [0.15, 0.2) is 0 Å². The van der Waals surface area contributed by atoms with Gasteiger partial charge in [0, 0.05) is 22.8 Å². The van der Waals surface area contributed by atoms with Crippen LogP contribution in [0.3, 0.4) is 0 Å². The molecule has 0 bridgehead atoms. The van der Waals surface area contributed by atoms with Crippen LogP contribution in [0.25, 0.3) is 0 Å². The topological polar surface area (TPSA) is 38.8 Å². The first kappa shape index (κ1) is 20.2. The van der Waals surface area contributed by atoms with Gasteiger partial charge in [0.1, 0.15) is 11.2 Å². The number of aryl methyl sites for hydroxylation is 1. The molecule has 4 nitrogen and oxygen atoms in total. The van der Waals surface area contributed by atoms with Crippen molar-refractivity contribution in [3.63, 3.8) is 0 Å². The molecule has 0 N–H and O–H groups in total. The Hall–Kier alpha value is -1.07. The number of fused-ring (bicyclic) bond motifs is 2. The quantitative estimate of drug-likeness (QED) is 0.633. The van der Waals surface area contributed by atoms with Gasteiger partial charge in [-0.05, 0) is 65.0 Å². The highest BCUT2D eigenvalue weighted by atomic mass is 32.1. The summed E-state index contributed by atoms with van der Waals surface area (Å²) in [5, 5.41) is 0. The van der Waals surface area contributed by atoms with Crippen molar-refractivity contribution in [2.75, 3.05) is 19.7 Å². The minimum absolute atomic E-state index is 0.185. The van der Waals surface area contributed by atoms with Crippen molar-refractivity contribution < 1.29 is 14.3 Å². The van der Waals surface area contributed by atoms with Crippen molar-refractivity contribution in [2.24, 2.45) is 0 Å². The lowest BCUT2D eigenvalue weighted by molar-refractivity contribution is -0.0951. The predicted molar refractivity (Wildman–Crippen MR) is 104 cm³/mol. The van der Waals surface area contributed by atoms with Gasteiger partial charge in [-0.3, -0.25) is 0 Å². The molecule has 0 radical (unpaired) electrons. The van der Waals surface area contributed by atoms with Crippen LogP contribution < -0.4 is 0 Å². The summed E-state index contributed by atoms with van der Waals surface area (Å²) in [6, 6.07) is 0. The number of likely N-dealkylation sites (tertiary alicyclic amines) is 1. The molecule has 1 aromatic rings. The summed E-state index contributed by atoms with van der Waals surface area (Å²) in [5.41, 5.74) is 2.30. The van der Waals surface area contributed by atoms with Crippen LogP contribution in [0.1, 0.15) is 68.3 Å². The molecule has 0 saturated carbocycles. The Morgan fingerprint density at radius 2 is 1.80 bits per heavy atom. The minimum Gasteiger partial charge on any atom is -0.444 e. The van der Waals surface area contributed by atoms with Crippen LogP contribution in [0.5, 0.6) is 0 Å². The highest BCUT2D eigenvalue weighted by Crippen LogP contribution is 2.46. The van der Waals surface area contributed by atoms with Crippen LogP contribution in [0.15, 0.2) is 0 Å². The maximum atomic E-state index is 12.3. The summed E-state index contributed by atoms with van der Waals surface area (Å²) in [4.78, 5) is 16.9. The van der Waals surface area contributed by atoms with Gasteiger partial charge in [0.2, 0.25) is 0 Å². The molecular weight excluding hydrogens is 334 g/mol. The molecule has 25 heavy (non-hydrogen) atoms. The Bertz CT molecular complexity index is 607. The number of hydrogen-bond donors (Lipinski definition) is 0. The maximum Gasteiger partial charge on any atom is 0.410 e. The van der Waals surface area contributed by atoms with E-state index in [4.69, 9.17) is 9.47 Å². The van der Waals surface area contributed by atoms with E-state index in [0.717, 1.165) is 25.9 Å². The average molecular weight is 368 g/mol. The molecule has 2 aliphatic rings. The average Bonchev–Trinajstić information content (AvgIpc) is 2.85. The third-order valence-corrected chi connectivity index (χ3v) is 6.31. The normalized spacial score (nSPS) is 19.1. The standard InChI is InChI=1S/C18H27NO3S.C2H6/c1-12-13(2)23-15-14(12)6-11-21-18(15)7-9-19(10-8-18)16(20)22-17(3,4)5;1-2/h6-11H2,1-5H3;1-2H3. The zero-order valence-electron chi connectivity index (χ0n) is 16.8. The third-order valence-electron chi connectivity index (χ3n) is 4.88. The fraction of sp³-hybridized carbons (Fsp3) is 0.750. The Morgan fingerprint density at radius 3 is 2.36 bits per heavy atom. The van der Waals surface area contributed by atoms with Gasteiger partial charge in [-0.15, -0.1) is 11.3 Å². The Kier molecular flexibility index (Phi) is 6.21. The second-order valence-corrected chi connectivity index (χ2v) is 8.88. The van der Waals surface area contributed by atoms with Crippen LogP contribution in [0.4, 0.5) is 4.79 Å². The molecule has 0 atom stereocenters. The number of piperidine rings is 1. The van der Waals surface area contributed by atoms with E-state index in [0.29, 0.717) is 13.1 Å². The summed E-state index contributed by atoms with van der Waals surface area (Å²) in [6.45, 7) is 16.3. The SMILES string of the molecule is CC.Cc1sc2c(c1C)CCOC21CCN(C(=O)OC(C)(C)C)CC1. The van der Waals surface area contributed by atoms with Crippen molar-refractivity contribution in [1.29, 1.82) is 0 Å². The number of carbonyl (C=O) groups is 1. The van der Waals surface area contributed by atoms with Gasteiger partial charge in [0.05, 0.1) is 6.61 Å². The van der Waals surface area contributed by atoms with Crippen LogP contribution in [-0.4, -0.2) is 36.3 Å². The van der Waals surface area contributed by atoms with Crippen molar-refractivity contribution in [2.45, 2.75) is 78.9 Å². The van der Waals surface area contributed by atoms with E-state index in [1.165, 1.54) is 20.9 Å². The highest BCUT2D eigenvalue weighted by Gasteiger charge is 2.44. The van der Waals surface area contributed by atoms with Crippen molar-refractivity contribution in [3.05, 3.63) is 20.9 Å². The third kappa shape index (κ3) is 4.20. The summed E-state index contributed by atoms with van der Waals surface area (Å²) in [6.07, 6.45) is 2.53. The summed E-state index contributed by atoms with van der Waals surface area (Å²) >= 11 is 1.88. The fourth-order valence-electron chi connectivity index (χ4n) is 3.51. The lowest BCUT2D eigenvalue weighted by Gasteiger charge is -2.43. The number of thiophene rings is 1. The Balaban J connectivity index is 0.00000109. The van der Waals surface area contributed by atoms with Gasteiger partial charge >= 0.3 is 6.09 Å². The molecule has 1 amide bonds.